The van der Waals surface area contributed by atoms with Gasteiger partial charge in [-0.15, -0.1) is 0 Å². The molecule has 0 bridgehead atoms. The van der Waals surface area contributed by atoms with Gasteiger partial charge in [0.15, 0.2) is 17.3 Å². The van der Waals surface area contributed by atoms with Crippen molar-refractivity contribution in [2.24, 2.45) is 5.92 Å². The third-order valence-electron chi connectivity index (χ3n) is 4.91. The number of amides is 1. The van der Waals surface area contributed by atoms with Gasteiger partial charge in [0.1, 0.15) is 24.0 Å². The first-order valence-electron chi connectivity index (χ1n) is 9.14. The maximum atomic E-state index is 12.6. The highest BCUT2D eigenvalue weighted by atomic mass is 16.2. The Hall–Kier alpha value is -3.89. The maximum absolute atomic E-state index is 12.6. The molecular formula is C18H18N10O. The van der Waals surface area contributed by atoms with Crippen LogP contribution in [0.25, 0.3) is 17.0 Å². The average molecular weight is 390 g/mol. The van der Waals surface area contributed by atoms with Crippen LogP contribution in [0, 0.1) is 19.8 Å². The summed E-state index contributed by atoms with van der Waals surface area (Å²) in [6.07, 6.45) is 4.42. The van der Waals surface area contributed by atoms with E-state index in [-0.39, 0.29) is 11.8 Å². The average Bonchev–Trinajstić information content (AvgIpc) is 3.27. The van der Waals surface area contributed by atoms with Gasteiger partial charge in [0.25, 0.3) is 0 Å². The largest absolute Gasteiger partial charge is 0.355 e. The SMILES string of the molecule is Cc1cc(C)n(-c2cc(N3CC(C(=O)Nc4ncnc5nc[nH]c45)C3)ncn2)n1. The lowest BCUT2D eigenvalue weighted by atomic mass is 9.99. The Bertz CT molecular complexity index is 1210. The fourth-order valence-corrected chi connectivity index (χ4v) is 3.40. The molecule has 4 aromatic heterocycles. The molecule has 1 aliphatic rings. The lowest BCUT2D eigenvalue weighted by Crippen LogP contribution is -2.52. The van der Waals surface area contributed by atoms with E-state index in [4.69, 9.17) is 0 Å². The van der Waals surface area contributed by atoms with Gasteiger partial charge in [-0.1, -0.05) is 0 Å². The number of nitrogens with zero attached hydrogens (tertiary/aromatic N) is 8. The molecular weight excluding hydrogens is 372 g/mol. The highest BCUT2D eigenvalue weighted by Crippen LogP contribution is 2.25. The van der Waals surface area contributed by atoms with Gasteiger partial charge in [0.05, 0.1) is 17.9 Å². The summed E-state index contributed by atoms with van der Waals surface area (Å²) in [5.41, 5.74) is 3.06. The Morgan fingerprint density at radius 3 is 2.66 bits per heavy atom. The topological polar surface area (TPSA) is 130 Å². The molecule has 0 unspecified atom stereocenters. The normalized spacial score (nSPS) is 14.2. The second-order valence-corrected chi connectivity index (χ2v) is 6.99. The van der Waals surface area contributed by atoms with Gasteiger partial charge >= 0.3 is 0 Å². The van der Waals surface area contributed by atoms with Gasteiger partial charge in [-0.2, -0.15) is 5.10 Å². The molecule has 146 valence electrons. The van der Waals surface area contributed by atoms with E-state index in [0.717, 1.165) is 17.2 Å². The molecule has 2 N–H and O–H groups in total. The first-order chi connectivity index (χ1) is 14.1. The molecule has 0 atom stereocenters. The van der Waals surface area contributed by atoms with Crippen LogP contribution in [-0.4, -0.2) is 58.7 Å². The monoisotopic (exact) mass is 390 g/mol. The molecule has 1 aliphatic heterocycles. The molecule has 4 aromatic rings. The Morgan fingerprint density at radius 2 is 1.86 bits per heavy atom. The summed E-state index contributed by atoms with van der Waals surface area (Å²) in [6.45, 7) is 5.06. The van der Waals surface area contributed by atoms with Crippen molar-refractivity contribution in [1.82, 2.24) is 39.7 Å². The summed E-state index contributed by atoms with van der Waals surface area (Å²) >= 11 is 0. The summed E-state index contributed by atoms with van der Waals surface area (Å²) in [6, 6.07) is 3.88. The molecule has 1 saturated heterocycles. The predicted octanol–water partition coefficient (Wildman–Crippen LogP) is 1.02. The standard InChI is InChI=1S/C18H18N10O/c1-10-3-11(2)28(26-10)14-4-13(19-7-20-14)27-5-12(6-27)18(29)25-17-15-16(22-8-21-15)23-9-24-17/h3-4,7-9,12H,5-6H2,1-2H3,(H2,21,22,23,24,25,29). The molecule has 1 fully saturated rings. The van der Waals surface area contributed by atoms with Crippen molar-refractivity contribution < 1.29 is 4.79 Å². The number of H-pyrrole nitrogens is 1. The third kappa shape index (κ3) is 3.06. The first-order valence-corrected chi connectivity index (χ1v) is 9.14. The summed E-state index contributed by atoms with van der Waals surface area (Å²) in [5.74, 6) is 1.66. The minimum atomic E-state index is -0.157. The van der Waals surface area contributed by atoms with Crippen LogP contribution in [0.3, 0.4) is 0 Å². The number of hydrogen-bond acceptors (Lipinski definition) is 8. The number of carbonyl (C=O) groups is 1. The smallest absolute Gasteiger partial charge is 0.232 e. The first kappa shape index (κ1) is 17.2. The lowest BCUT2D eigenvalue weighted by Gasteiger charge is -2.38. The Balaban J connectivity index is 1.27. The number of nitrogens with one attached hydrogen (secondary N) is 2. The van der Waals surface area contributed by atoms with Crippen LogP contribution in [0.1, 0.15) is 11.4 Å². The zero-order chi connectivity index (χ0) is 20.0. The molecule has 0 aromatic carbocycles. The quantitative estimate of drug-likeness (QED) is 0.528. The molecule has 0 spiro atoms. The fourth-order valence-electron chi connectivity index (χ4n) is 3.40. The molecule has 5 heterocycles. The van der Waals surface area contributed by atoms with Crippen molar-refractivity contribution in [2.75, 3.05) is 23.3 Å². The second kappa shape index (κ2) is 6.62. The maximum Gasteiger partial charge on any atom is 0.232 e. The van der Waals surface area contributed by atoms with Crippen molar-refractivity contribution >= 4 is 28.7 Å². The van der Waals surface area contributed by atoms with Crippen LogP contribution in [0.15, 0.2) is 31.1 Å². The molecule has 1 amide bonds. The van der Waals surface area contributed by atoms with Crippen molar-refractivity contribution in [3.05, 3.63) is 42.5 Å². The van der Waals surface area contributed by atoms with E-state index in [1.54, 1.807) is 4.68 Å². The number of aromatic amines is 1. The number of hydrogen-bond donors (Lipinski definition) is 2. The summed E-state index contributed by atoms with van der Waals surface area (Å²) < 4.78 is 1.79. The van der Waals surface area contributed by atoms with Crippen LogP contribution < -0.4 is 10.2 Å². The van der Waals surface area contributed by atoms with E-state index in [0.29, 0.717) is 35.9 Å². The Labute approximate surface area is 165 Å². The molecule has 11 heteroatoms. The summed E-state index contributed by atoms with van der Waals surface area (Å²) in [5, 5.41) is 7.32. The third-order valence-corrected chi connectivity index (χ3v) is 4.91. The van der Waals surface area contributed by atoms with E-state index >= 15 is 0 Å². The van der Waals surface area contributed by atoms with Crippen molar-refractivity contribution in [1.29, 1.82) is 0 Å². The Kier molecular flexibility index (Phi) is 3.93. The number of aromatic nitrogens is 8. The predicted molar refractivity (Wildman–Crippen MR) is 105 cm³/mol. The molecule has 11 nitrogen and oxygen atoms in total. The highest BCUT2D eigenvalue weighted by molar-refractivity contribution is 5.98. The van der Waals surface area contributed by atoms with Gasteiger partial charge < -0.3 is 15.2 Å². The number of aryl methyl sites for hydroxylation is 2. The molecule has 0 aliphatic carbocycles. The molecule has 5 rings (SSSR count). The van der Waals surface area contributed by atoms with Gasteiger partial charge in [0, 0.05) is 24.8 Å². The fraction of sp³-hybridized carbons (Fsp3) is 0.278. The zero-order valence-corrected chi connectivity index (χ0v) is 15.9. The van der Waals surface area contributed by atoms with Crippen LogP contribution in [-0.2, 0) is 4.79 Å². The second-order valence-electron chi connectivity index (χ2n) is 6.99. The van der Waals surface area contributed by atoms with Crippen molar-refractivity contribution in [3.8, 4) is 5.82 Å². The van der Waals surface area contributed by atoms with E-state index < -0.39 is 0 Å². The van der Waals surface area contributed by atoms with E-state index in [1.807, 2.05) is 30.9 Å². The van der Waals surface area contributed by atoms with Gasteiger partial charge in [-0.3, -0.25) is 4.79 Å². The van der Waals surface area contributed by atoms with Crippen molar-refractivity contribution in [2.45, 2.75) is 13.8 Å². The minimum Gasteiger partial charge on any atom is -0.355 e. The Morgan fingerprint density at radius 1 is 1.07 bits per heavy atom. The molecule has 0 saturated carbocycles. The van der Waals surface area contributed by atoms with E-state index in [9.17, 15) is 4.79 Å². The molecule has 29 heavy (non-hydrogen) atoms. The summed E-state index contributed by atoms with van der Waals surface area (Å²) in [4.78, 5) is 38.5. The highest BCUT2D eigenvalue weighted by Gasteiger charge is 2.34. The number of anilines is 2. The lowest BCUT2D eigenvalue weighted by molar-refractivity contribution is -0.120. The van der Waals surface area contributed by atoms with Crippen LogP contribution in [0.2, 0.25) is 0 Å². The van der Waals surface area contributed by atoms with Crippen molar-refractivity contribution in [3.63, 3.8) is 0 Å². The van der Waals surface area contributed by atoms with Gasteiger partial charge in [0.2, 0.25) is 5.91 Å². The molecule has 0 radical (unpaired) electrons. The van der Waals surface area contributed by atoms with Gasteiger partial charge in [-0.25, -0.2) is 29.6 Å². The zero-order valence-electron chi connectivity index (χ0n) is 15.9. The van der Waals surface area contributed by atoms with Crippen LogP contribution in [0.4, 0.5) is 11.6 Å². The number of rotatable bonds is 4. The van der Waals surface area contributed by atoms with Gasteiger partial charge in [-0.05, 0) is 19.9 Å². The van der Waals surface area contributed by atoms with Crippen LogP contribution in [0.5, 0.6) is 0 Å². The van der Waals surface area contributed by atoms with E-state index in [1.165, 1.54) is 19.0 Å². The minimum absolute atomic E-state index is 0.0938. The number of fused-ring (bicyclic) bond motifs is 1. The number of imidazole rings is 1. The summed E-state index contributed by atoms with van der Waals surface area (Å²) in [7, 11) is 0. The van der Waals surface area contributed by atoms with E-state index in [2.05, 4.69) is 40.3 Å². The number of carbonyl (C=O) groups excluding carboxylic acids is 1. The van der Waals surface area contributed by atoms with Crippen LogP contribution >= 0.6 is 0 Å².